The van der Waals surface area contributed by atoms with Crippen LogP contribution in [0, 0.1) is 20.8 Å². The number of nitrogens with zero attached hydrogens (tertiary/aromatic N) is 4. The molecule has 0 unspecified atom stereocenters. The van der Waals surface area contributed by atoms with Crippen molar-refractivity contribution in [2.24, 2.45) is 0 Å². The van der Waals surface area contributed by atoms with Crippen molar-refractivity contribution in [3.8, 4) is 5.69 Å². The van der Waals surface area contributed by atoms with Crippen LogP contribution in [-0.4, -0.2) is 46.1 Å². The minimum absolute atomic E-state index is 0.0295. The number of aromatic nitrogens is 3. The summed E-state index contributed by atoms with van der Waals surface area (Å²) in [4.78, 5) is 25.0. The van der Waals surface area contributed by atoms with Crippen molar-refractivity contribution in [2.45, 2.75) is 46.1 Å². The molecule has 33 heavy (non-hydrogen) atoms. The van der Waals surface area contributed by atoms with Gasteiger partial charge in [0, 0.05) is 25.4 Å². The lowest BCUT2D eigenvalue weighted by atomic mass is 10.2. The van der Waals surface area contributed by atoms with Crippen LogP contribution in [0.4, 0.5) is 5.69 Å². The molecule has 0 aliphatic rings. The van der Waals surface area contributed by atoms with Gasteiger partial charge in [-0.15, -0.1) is 0 Å². The standard InChI is InChI=1S/C23H29N5O4S/c1-6-27(7-2)33(31,32)20-12-13-22(30)26(14-20)15-21(29)24-23-17(4)25-28(18(23)5)19-10-8-16(3)9-11-19/h8-14H,6-7,15H2,1-5H3,(H,24,29). The molecule has 0 fully saturated rings. The summed E-state index contributed by atoms with van der Waals surface area (Å²) in [6, 6.07) is 10.3. The molecule has 9 nitrogen and oxygen atoms in total. The molecule has 0 saturated carbocycles. The van der Waals surface area contributed by atoms with Crippen LogP contribution in [0.5, 0.6) is 0 Å². The second-order valence-corrected chi connectivity index (χ2v) is 9.70. The minimum Gasteiger partial charge on any atom is -0.321 e. The maximum absolute atomic E-state index is 12.8. The number of benzene rings is 1. The lowest BCUT2D eigenvalue weighted by Crippen LogP contribution is -2.33. The van der Waals surface area contributed by atoms with Crippen LogP contribution in [-0.2, 0) is 21.4 Å². The third-order valence-corrected chi connectivity index (χ3v) is 7.48. The van der Waals surface area contributed by atoms with Crippen LogP contribution in [0.3, 0.4) is 0 Å². The van der Waals surface area contributed by atoms with Crippen molar-refractivity contribution in [3.63, 3.8) is 0 Å². The Balaban J connectivity index is 1.85. The molecular weight excluding hydrogens is 442 g/mol. The molecule has 3 rings (SSSR count). The quantitative estimate of drug-likeness (QED) is 0.544. The van der Waals surface area contributed by atoms with Gasteiger partial charge in [-0.2, -0.15) is 9.40 Å². The number of aryl methyl sites for hydroxylation is 2. The molecule has 0 aliphatic carbocycles. The maximum atomic E-state index is 12.8. The van der Waals surface area contributed by atoms with E-state index < -0.39 is 21.5 Å². The lowest BCUT2D eigenvalue weighted by molar-refractivity contribution is -0.116. The van der Waals surface area contributed by atoms with Gasteiger partial charge in [-0.3, -0.25) is 9.59 Å². The zero-order valence-corrected chi connectivity index (χ0v) is 20.3. The number of pyridine rings is 1. The molecule has 0 radical (unpaired) electrons. The number of carbonyl (C=O) groups excluding carboxylic acids is 1. The van der Waals surface area contributed by atoms with Crippen LogP contribution in [0.1, 0.15) is 30.8 Å². The van der Waals surface area contributed by atoms with Crippen LogP contribution >= 0.6 is 0 Å². The molecule has 0 atom stereocenters. The van der Waals surface area contributed by atoms with Crippen molar-refractivity contribution in [1.82, 2.24) is 18.7 Å². The average molecular weight is 472 g/mol. The fraction of sp³-hybridized carbons (Fsp3) is 0.348. The molecule has 1 amide bonds. The summed E-state index contributed by atoms with van der Waals surface area (Å²) in [5, 5.41) is 7.34. The summed E-state index contributed by atoms with van der Waals surface area (Å²) in [5.41, 5.74) is 3.46. The molecule has 3 aromatic rings. The summed E-state index contributed by atoms with van der Waals surface area (Å²) in [5.74, 6) is -0.454. The smallest absolute Gasteiger partial charge is 0.251 e. The predicted octanol–water partition coefficient (Wildman–Crippen LogP) is 2.63. The van der Waals surface area contributed by atoms with Crippen LogP contribution in [0.2, 0.25) is 0 Å². The van der Waals surface area contributed by atoms with Crippen LogP contribution in [0.25, 0.3) is 5.69 Å². The highest BCUT2D eigenvalue weighted by Gasteiger charge is 2.23. The van der Waals surface area contributed by atoms with E-state index in [1.807, 2.05) is 38.1 Å². The second kappa shape index (κ2) is 9.72. The number of amides is 1. The molecule has 1 N–H and O–H groups in total. The van der Waals surface area contributed by atoms with Gasteiger partial charge < -0.3 is 9.88 Å². The molecule has 0 aliphatic heterocycles. The van der Waals surface area contributed by atoms with Gasteiger partial charge in [0.1, 0.15) is 6.54 Å². The van der Waals surface area contributed by atoms with Gasteiger partial charge >= 0.3 is 0 Å². The molecule has 0 saturated heterocycles. The van der Waals surface area contributed by atoms with Gasteiger partial charge in [-0.25, -0.2) is 13.1 Å². The molecule has 2 heterocycles. The molecule has 10 heteroatoms. The Morgan fingerprint density at radius 3 is 2.27 bits per heavy atom. The Morgan fingerprint density at radius 1 is 1.03 bits per heavy atom. The number of hydrogen-bond donors (Lipinski definition) is 1. The first-order chi connectivity index (χ1) is 15.6. The Morgan fingerprint density at radius 2 is 1.67 bits per heavy atom. The van der Waals surface area contributed by atoms with Crippen molar-refractivity contribution in [1.29, 1.82) is 0 Å². The summed E-state index contributed by atoms with van der Waals surface area (Å²) >= 11 is 0. The first-order valence-corrected chi connectivity index (χ1v) is 12.2. The van der Waals surface area contributed by atoms with Crippen molar-refractivity contribution >= 4 is 21.6 Å². The number of sulfonamides is 1. The van der Waals surface area contributed by atoms with E-state index in [2.05, 4.69) is 10.4 Å². The van der Waals surface area contributed by atoms with E-state index in [1.165, 1.54) is 16.6 Å². The number of nitrogens with one attached hydrogen (secondary N) is 1. The number of rotatable bonds is 8. The molecular formula is C23H29N5O4S. The van der Waals surface area contributed by atoms with Crippen LogP contribution in [0.15, 0.2) is 52.3 Å². The summed E-state index contributed by atoms with van der Waals surface area (Å²) in [6.45, 7) is 9.41. The topological polar surface area (TPSA) is 106 Å². The highest BCUT2D eigenvalue weighted by Crippen LogP contribution is 2.23. The SMILES string of the molecule is CCN(CC)S(=O)(=O)c1ccc(=O)n(CC(=O)Nc2c(C)nn(-c3ccc(C)cc3)c2C)c1. The monoisotopic (exact) mass is 471 g/mol. The van der Waals surface area contributed by atoms with E-state index in [4.69, 9.17) is 0 Å². The van der Waals surface area contributed by atoms with Gasteiger partial charge in [-0.1, -0.05) is 31.5 Å². The molecule has 0 bridgehead atoms. The third kappa shape index (κ3) is 5.07. The van der Waals surface area contributed by atoms with Gasteiger partial charge in [0.25, 0.3) is 5.56 Å². The number of hydrogen-bond acceptors (Lipinski definition) is 5. The summed E-state index contributed by atoms with van der Waals surface area (Å²) in [7, 11) is -3.75. The lowest BCUT2D eigenvalue weighted by Gasteiger charge is -2.19. The van der Waals surface area contributed by atoms with Gasteiger partial charge in [0.05, 0.1) is 27.7 Å². The fourth-order valence-electron chi connectivity index (χ4n) is 3.59. The Labute approximate surface area is 193 Å². The minimum atomic E-state index is -3.75. The summed E-state index contributed by atoms with van der Waals surface area (Å²) in [6.07, 6.45) is 1.21. The highest BCUT2D eigenvalue weighted by molar-refractivity contribution is 7.89. The van der Waals surface area contributed by atoms with Gasteiger partial charge in [0.2, 0.25) is 15.9 Å². The highest BCUT2D eigenvalue weighted by atomic mass is 32.2. The molecule has 176 valence electrons. The van der Waals surface area contributed by atoms with E-state index in [-0.39, 0.29) is 11.4 Å². The van der Waals surface area contributed by atoms with Gasteiger partial charge in [-0.05, 0) is 39.0 Å². The zero-order valence-electron chi connectivity index (χ0n) is 19.5. The summed E-state index contributed by atoms with van der Waals surface area (Å²) < 4.78 is 29.7. The van der Waals surface area contributed by atoms with Crippen LogP contribution < -0.4 is 10.9 Å². The second-order valence-electron chi connectivity index (χ2n) is 7.76. The van der Waals surface area contributed by atoms with Crippen molar-refractivity contribution in [3.05, 3.63) is 69.9 Å². The van der Waals surface area contributed by atoms with E-state index in [9.17, 15) is 18.0 Å². The predicted molar refractivity (Wildman–Crippen MR) is 127 cm³/mol. The normalized spacial score (nSPS) is 11.7. The van der Waals surface area contributed by atoms with E-state index in [0.717, 1.165) is 27.6 Å². The molecule has 0 spiro atoms. The Bertz CT molecular complexity index is 1320. The largest absolute Gasteiger partial charge is 0.321 e. The molecule has 1 aromatic carbocycles. The Hall–Kier alpha value is -3.24. The first-order valence-electron chi connectivity index (χ1n) is 10.7. The average Bonchev–Trinajstić information content (AvgIpc) is 3.04. The zero-order chi connectivity index (χ0) is 24.3. The van der Waals surface area contributed by atoms with E-state index in [0.29, 0.717) is 24.5 Å². The fourth-order valence-corrected chi connectivity index (χ4v) is 5.07. The van der Waals surface area contributed by atoms with Crippen molar-refractivity contribution in [2.75, 3.05) is 18.4 Å². The van der Waals surface area contributed by atoms with E-state index in [1.54, 1.807) is 25.5 Å². The van der Waals surface area contributed by atoms with Crippen molar-refractivity contribution < 1.29 is 13.2 Å². The Kier molecular flexibility index (Phi) is 7.19. The van der Waals surface area contributed by atoms with E-state index >= 15 is 0 Å². The maximum Gasteiger partial charge on any atom is 0.251 e. The number of carbonyl (C=O) groups is 1. The first kappa shape index (κ1) is 24.4. The molecule has 2 aromatic heterocycles. The van der Waals surface area contributed by atoms with Gasteiger partial charge in [0.15, 0.2) is 0 Å². The number of anilines is 1. The third-order valence-electron chi connectivity index (χ3n) is 5.45.